The molecule has 2 aliphatic rings. The van der Waals surface area contributed by atoms with E-state index in [9.17, 15) is 23.1 Å². The molecule has 0 aliphatic carbocycles. The van der Waals surface area contributed by atoms with E-state index in [1.165, 1.54) is 18.7 Å². The average molecular weight is 644 g/mol. The molecule has 1 aromatic heterocycles. The van der Waals surface area contributed by atoms with Crippen LogP contribution in [0.2, 0.25) is 0 Å². The number of aryl methyl sites for hydroxylation is 2. The van der Waals surface area contributed by atoms with Crippen molar-refractivity contribution < 1.29 is 41.8 Å². The Kier molecular flexibility index (Phi) is 9.11. The summed E-state index contributed by atoms with van der Waals surface area (Å²) in [4.78, 5) is 29.7. The van der Waals surface area contributed by atoms with Crippen molar-refractivity contribution >= 4 is 33.3 Å². The second kappa shape index (κ2) is 12.9. The first kappa shape index (κ1) is 31.9. The molecule has 2 aliphatic heterocycles. The van der Waals surface area contributed by atoms with Gasteiger partial charge in [-0.3, -0.25) is 9.52 Å². The van der Waals surface area contributed by atoms with E-state index in [0.29, 0.717) is 28.5 Å². The predicted octanol–water partition coefficient (Wildman–Crippen LogP) is 3.13. The summed E-state index contributed by atoms with van der Waals surface area (Å²) < 4.78 is 51.1. The van der Waals surface area contributed by atoms with Crippen LogP contribution in [0.5, 0.6) is 17.2 Å². The van der Waals surface area contributed by atoms with Crippen molar-refractivity contribution in [2.75, 3.05) is 43.6 Å². The number of carbonyl (C=O) groups is 2. The first-order chi connectivity index (χ1) is 21.4. The molecule has 45 heavy (non-hydrogen) atoms. The van der Waals surface area contributed by atoms with Crippen molar-refractivity contribution in [1.82, 2.24) is 15.0 Å². The zero-order valence-electron chi connectivity index (χ0n) is 25.7. The van der Waals surface area contributed by atoms with Gasteiger partial charge in [0.05, 0.1) is 25.6 Å². The number of urea groups is 1. The number of hydrogen-bond donors (Lipinski definition) is 3. The summed E-state index contributed by atoms with van der Waals surface area (Å²) in [5.74, 6) is 1.16. The third-order valence-corrected chi connectivity index (χ3v) is 9.45. The minimum Gasteiger partial charge on any atom is -0.488 e. The molecule has 0 spiro atoms. The minimum absolute atomic E-state index is 0.0581. The van der Waals surface area contributed by atoms with Crippen molar-refractivity contribution in [3.63, 3.8) is 0 Å². The highest BCUT2D eigenvalue weighted by Gasteiger charge is 2.32. The molecule has 3 N–H and O–H groups in total. The van der Waals surface area contributed by atoms with Crippen LogP contribution in [-0.2, 0) is 21.2 Å². The second-order valence-corrected chi connectivity index (χ2v) is 13.0. The lowest BCUT2D eigenvalue weighted by atomic mass is 10.0. The molecule has 242 valence electrons. The van der Waals surface area contributed by atoms with E-state index in [2.05, 4.69) is 15.2 Å². The van der Waals surface area contributed by atoms with Crippen molar-refractivity contribution in [3.05, 3.63) is 53.4 Å². The quantitative estimate of drug-likeness (QED) is 0.331. The number of carbonyl (C=O) groups excluding carboxylic acids is 2. The molecule has 3 heterocycles. The Morgan fingerprint density at radius 1 is 1.13 bits per heavy atom. The fourth-order valence-corrected chi connectivity index (χ4v) is 6.70. The van der Waals surface area contributed by atoms with Crippen LogP contribution >= 0.6 is 0 Å². The smallest absolute Gasteiger partial charge is 0.321 e. The Morgan fingerprint density at radius 3 is 2.56 bits per heavy atom. The zero-order valence-corrected chi connectivity index (χ0v) is 26.5. The van der Waals surface area contributed by atoms with Crippen LogP contribution in [0.3, 0.4) is 0 Å². The third kappa shape index (κ3) is 6.93. The van der Waals surface area contributed by atoms with Gasteiger partial charge in [-0.2, -0.15) is 0 Å². The number of fused-ring (bicyclic) bond motifs is 2. The molecule has 2 aromatic carbocycles. The highest BCUT2D eigenvalue weighted by atomic mass is 32.2. The summed E-state index contributed by atoms with van der Waals surface area (Å²) in [6.45, 7) is 7.01. The molecule has 5 rings (SSSR count). The van der Waals surface area contributed by atoms with Crippen molar-refractivity contribution in [2.45, 2.75) is 51.2 Å². The number of nitrogens with one attached hydrogen (secondary N) is 2. The van der Waals surface area contributed by atoms with Crippen LogP contribution in [0.1, 0.15) is 30.9 Å². The molecule has 0 bridgehead atoms. The summed E-state index contributed by atoms with van der Waals surface area (Å²) in [7, 11) is -2.40. The predicted molar refractivity (Wildman–Crippen MR) is 163 cm³/mol. The van der Waals surface area contributed by atoms with E-state index < -0.39 is 22.2 Å². The monoisotopic (exact) mass is 643 g/mol. The molecule has 3 amide bonds. The van der Waals surface area contributed by atoms with Crippen molar-refractivity contribution in [1.29, 1.82) is 0 Å². The highest BCUT2D eigenvalue weighted by Crippen LogP contribution is 2.35. The Bertz CT molecular complexity index is 1670. The maximum absolute atomic E-state index is 13.5. The molecule has 0 fully saturated rings. The van der Waals surface area contributed by atoms with E-state index >= 15 is 0 Å². The lowest BCUT2D eigenvalue weighted by Crippen LogP contribution is -2.48. The summed E-state index contributed by atoms with van der Waals surface area (Å²) in [5.41, 5.74) is 1.42. The first-order valence-corrected chi connectivity index (χ1v) is 15.9. The van der Waals surface area contributed by atoms with Gasteiger partial charge in [-0.15, -0.1) is 0 Å². The van der Waals surface area contributed by atoms with Gasteiger partial charge in [0.15, 0.2) is 22.2 Å². The van der Waals surface area contributed by atoms with E-state index in [1.807, 2.05) is 6.92 Å². The van der Waals surface area contributed by atoms with Gasteiger partial charge in [0.1, 0.15) is 17.5 Å². The van der Waals surface area contributed by atoms with Gasteiger partial charge in [0.25, 0.3) is 10.0 Å². The van der Waals surface area contributed by atoms with Crippen LogP contribution in [0, 0.1) is 19.8 Å². The van der Waals surface area contributed by atoms with Gasteiger partial charge in [-0.05, 0) is 51.1 Å². The SMILES string of the molecule is Cc1noc(C)c1S(=O)(=O)Nc1ccc2c(c1)CC(=O)N([C@H](C)CO)C[C@@H](C)[C@@H](CN(C)C(=O)Nc1ccc3c(c1)OCO3)O2. The standard InChI is InChI=1S/C30H37N5O9S/c1-17-13-35(18(2)15-36)28(37)11-21-10-23(33-45(39,40)29-19(3)32-44-20(29)4)7-8-24(21)43-27(17)14-34(5)30(38)31-22-6-9-25-26(12-22)42-16-41-25/h6-10,12,17-18,27,33,36H,11,13-16H2,1-5H3,(H,31,38)/t17-,18-,27-/m1/s1. The molecule has 0 saturated carbocycles. The molecular formula is C30H37N5O9S. The topological polar surface area (TPSA) is 173 Å². The van der Waals surface area contributed by atoms with Gasteiger partial charge in [0, 0.05) is 42.5 Å². The maximum Gasteiger partial charge on any atom is 0.321 e. The molecule has 3 atom stereocenters. The van der Waals surface area contributed by atoms with Gasteiger partial charge in [-0.1, -0.05) is 12.1 Å². The number of hydrogen-bond acceptors (Lipinski definition) is 10. The van der Waals surface area contributed by atoms with Gasteiger partial charge in [0.2, 0.25) is 12.7 Å². The van der Waals surface area contributed by atoms with Crippen LogP contribution in [0.15, 0.2) is 45.8 Å². The Labute approximate surface area is 261 Å². The fourth-order valence-electron chi connectivity index (χ4n) is 5.32. The van der Waals surface area contributed by atoms with Crippen molar-refractivity contribution in [3.8, 4) is 17.2 Å². The number of benzene rings is 2. The van der Waals surface area contributed by atoms with Crippen LogP contribution in [0.25, 0.3) is 0 Å². The van der Waals surface area contributed by atoms with Gasteiger partial charge >= 0.3 is 6.03 Å². The number of rotatable bonds is 8. The summed E-state index contributed by atoms with van der Waals surface area (Å²) in [6, 6.07) is 8.95. The lowest BCUT2D eigenvalue weighted by Gasteiger charge is -2.34. The molecule has 3 aromatic rings. The highest BCUT2D eigenvalue weighted by molar-refractivity contribution is 7.92. The number of likely N-dealkylation sites (N-methyl/N-ethyl adjacent to an activating group) is 1. The minimum atomic E-state index is -4.04. The van der Waals surface area contributed by atoms with Gasteiger partial charge < -0.3 is 39.0 Å². The molecule has 14 nitrogen and oxygen atoms in total. The van der Waals surface area contributed by atoms with Crippen LogP contribution < -0.4 is 24.2 Å². The summed E-state index contributed by atoms with van der Waals surface area (Å²) >= 11 is 0. The number of aromatic nitrogens is 1. The molecule has 0 unspecified atom stereocenters. The third-order valence-electron chi connectivity index (χ3n) is 7.83. The molecule has 0 radical (unpaired) electrons. The number of ether oxygens (including phenoxy) is 3. The van der Waals surface area contributed by atoms with E-state index in [4.69, 9.17) is 18.7 Å². The number of aliphatic hydroxyl groups is 1. The Hall–Kier alpha value is -4.50. The molecule has 0 saturated heterocycles. The number of nitrogens with zero attached hydrogens (tertiary/aromatic N) is 3. The van der Waals surface area contributed by atoms with E-state index in [0.717, 1.165) is 0 Å². The Morgan fingerprint density at radius 2 is 1.84 bits per heavy atom. The van der Waals surface area contributed by atoms with Crippen molar-refractivity contribution in [2.24, 2.45) is 5.92 Å². The normalized spacial score (nSPS) is 18.6. The number of anilines is 2. The average Bonchev–Trinajstić information content (AvgIpc) is 3.61. The summed E-state index contributed by atoms with van der Waals surface area (Å²) in [6.07, 6.45) is -0.666. The first-order valence-electron chi connectivity index (χ1n) is 14.4. The molecule has 15 heteroatoms. The zero-order chi connectivity index (χ0) is 32.5. The Balaban J connectivity index is 1.40. The number of aliphatic hydroxyl groups excluding tert-OH is 1. The van der Waals surface area contributed by atoms with Gasteiger partial charge in [-0.25, -0.2) is 13.2 Å². The molecular weight excluding hydrogens is 606 g/mol. The van der Waals surface area contributed by atoms with Crippen LogP contribution in [0.4, 0.5) is 16.2 Å². The lowest BCUT2D eigenvalue weighted by molar-refractivity contribution is -0.134. The number of sulfonamides is 1. The summed E-state index contributed by atoms with van der Waals surface area (Å²) in [5, 5.41) is 16.5. The van der Waals surface area contributed by atoms with E-state index in [-0.39, 0.29) is 72.8 Å². The largest absolute Gasteiger partial charge is 0.488 e. The maximum atomic E-state index is 13.5. The second-order valence-electron chi connectivity index (χ2n) is 11.3. The number of amides is 3. The fraction of sp³-hybridized carbons (Fsp3) is 0.433. The van der Waals surface area contributed by atoms with E-state index in [1.54, 1.807) is 55.3 Å². The van der Waals surface area contributed by atoms with Crippen LogP contribution in [-0.4, -0.2) is 86.1 Å².